The third-order valence-electron chi connectivity index (χ3n) is 3.43. The summed E-state index contributed by atoms with van der Waals surface area (Å²) in [6.07, 6.45) is 0.154. The molecule has 2 nitrogen and oxygen atoms in total. The molecule has 0 saturated carbocycles. The molecule has 2 aromatic carbocycles. The van der Waals surface area contributed by atoms with Crippen molar-refractivity contribution in [2.75, 3.05) is 0 Å². The van der Waals surface area contributed by atoms with Gasteiger partial charge in [-0.05, 0) is 29.8 Å². The van der Waals surface area contributed by atoms with Crippen molar-refractivity contribution in [1.29, 1.82) is 0 Å². The molecule has 3 rings (SSSR count). The van der Waals surface area contributed by atoms with Crippen LogP contribution in [-0.4, -0.2) is 0 Å². The van der Waals surface area contributed by atoms with Crippen LogP contribution < -0.4 is 10.5 Å². The van der Waals surface area contributed by atoms with E-state index in [1.54, 1.807) is 0 Å². The van der Waals surface area contributed by atoms with E-state index in [1.807, 2.05) is 18.2 Å². The summed E-state index contributed by atoms with van der Waals surface area (Å²) in [4.78, 5) is 0. The van der Waals surface area contributed by atoms with E-state index in [9.17, 15) is 8.78 Å². The highest BCUT2D eigenvalue weighted by Gasteiger charge is 2.27. The number of hydrogen-bond donors (Lipinski definition) is 1. The van der Waals surface area contributed by atoms with Gasteiger partial charge in [-0.15, -0.1) is 0 Å². The lowest BCUT2D eigenvalue weighted by atomic mass is 9.93. The minimum atomic E-state index is -0.875. The van der Waals surface area contributed by atoms with Crippen LogP contribution in [0.2, 0.25) is 0 Å². The third kappa shape index (κ3) is 2.43. The molecule has 0 bridgehead atoms. The van der Waals surface area contributed by atoms with Crippen molar-refractivity contribution >= 4 is 15.9 Å². The Morgan fingerprint density at radius 3 is 2.65 bits per heavy atom. The van der Waals surface area contributed by atoms with Gasteiger partial charge in [0.25, 0.3) is 0 Å². The first kappa shape index (κ1) is 13.5. The van der Waals surface area contributed by atoms with Crippen LogP contribution >= 0.6 is 15.9 Å². The average molecular weight is 340 g/mol. The van der Waals surface area contributed by atoms with E-state index in [1.165, 1.54) is 6.07 Å². The SMILES string of the molecule is N[C@H]1CC(c2ccc(F)c(F)c2)Oc2cc(Br)ccc21. The maximum absolute atomic E-state index is 13.3. The van der Waals surface area contributed by atoms with Crippen molar-refractivity contribution in [2.45, 2.75) is 18.6 Å². The van der Waals surface area contributed by atoms with Gasteiger partial charge in [-0.25, -0.2) is 8.78 Å². The largest absolute Gasteiger partial charge is 0.485 e. The molecule has 1 heterocycles. The van der Waals surface area contributed by atoms with E-state index in [-0.39, 0.29) is 12.1 Å². The molecule has 0 aromatic heterocycles. The smallest absolute Gasteiger partial charge is 0.159 e. The Labute approximate surface area is 123 Å². The van der Waals surface area contributed by atoms with Crippen LogP contribution in [0.1, 0.15) is 29.7 Å². The van der Waals surface area contributed by atoms with E-state index in [0.717, 1.165) is 22.2 Å². The standard InChI is InChI=1S/C15H12BrF2NO/c16-9-2-3-10-13(19)7-14(20-15(10)6-9)8-1-4-11(17)12(18)5-8/h1-6,13-14H,7,19H2/t13-,14?/m0/s1. The Bertz CT molecular complexity index is 662. The topological polar surface area (TPSA) is 35.2 Å². The highest BCUT2D eigenvalue weighted by atomic mass is 79.9. The van der Waals surface area contributed by atoms with E-state index in [2.05, 4.69) is 15.9 Å². The van der Waals surface area contributed by atoms with Crippen molar-refractivity contribution in [2.24, 2.45) is 5.73 Å². The predicted molar refractivity (Wildman–Crippen MR) is 75.4 cm³/mol. The summed E-state index contributed by atoms with van der Waals surface area (Å²) in [6, 6.07) is 9.25. The zero-order chi connectivity index (χ0) is 14.3. The maximum atomic E-state index is 13.3. The lowest BCUT2D eigenvalue weighted by molar-refractivity contribution is 0.161. The lowest BCUT2D eigenvalue weighted by Crippen LogP contribution is -2.24. The van der Waals surface area contributed by atoms with Gasteiger partial charge in [0, 0.05) is 22.5 Å². The molecule has 20 heavy (non-hydrogen) atoms. The molecule has 2 aromatic rings. The second kappa shape index (κ2) is 5.14. The fraction of sp³-hybridized carbons (Fsp3) is 0.200. The molecule has 104 valence electrons. The maximum Gasteiger partial charge on any atom is 0.159 e. The Balaban J connectivity index is 1.96. The van der Waals surface area contributed by atoms with Gasteiger partial charge in [0.2, 0.25) is 0 Å². The number of hydrogen-bond acceptors (Lipinski definition) is 2. The summed E-state index contributed by atoms with van der Waals surface area (Å²) < 4.78 is 33.1. The summed E-state index contributed by atoms with van der Waals surface area (Å²) >= 11 is 3.38. The zero-order valence-electron chi connectivity index (χ0n) is 10.4. The molecule has 0 aliphatic carbocycles. The van der Waals surface area contributed by atoms with Gasteiger partial charge < -0.3 is 10.5 Å². The molecular formula is C15H12BrF2NO. The van der Waals surface area contributed by atoms with E-state index in [4.69, 9.17) is 10.5 Å². The Hall–Kier alpha value is -1.46. The zero-order valence-corrected chi connectivity index (χ0v) is 12.0. The number of halogens is 3. The van der Waals surface area contributed by atoms with Crippen molar-refractivity contribution in [3.63, 3.8) is 0 Å². The van der Waals surface area contributed by atoms with E-state index in [0.29, 0.717) is 17.7 Å². The van der Waals surface area contributed by atoms with Crippen LogP contribution in [0, 0.1) is 11.6 Å². The fourth-order valence-electron chi connectivity index (χ4n) is 2.39. The molecule has 0 radical (unpaired) electrons. The van der Waals surface area contributed by atoms with Crippen LogP contribution in [0.25, 0.3) is 0 Å². The number of nitrogens with two attached hydrogens (primary N) is 1. The quantitative estimate of drug-likeness (QED) is 0.842. The van der Waals surface area contributed by atoms with Gasteiger partial charge in [0.05, 0.1) is 0 Å². The molecule has 0 spiro atoms. The van der Waals surface area contributed by atoms with E-state index >= 15 is 0 Å². The Morgan fingerprint density at radius 2 is 1.90 bits per heavy atom. The summed E-state index contributed by atoms with van der Waals surface area (Å²) in [5.41, 5.74) is 7.64. The van der Waals surface area contributed by atoms with Crippen molar-refractivity contribution in [3.8, 4) is 5.75 Å². The average Bonchev–Trinajstić information content (AvgIpc) is 2.41. The molecule has 1 unspecified atom stereocenters. The molecule has 0 fully saturated rings. The Kier molecular flexibility index (Phi) is 3.48. The van der Waals surface area contributed by atoms with Crippen LogP contribution in [0.15, 0.2) is 40.9 Å². The van der Waals surface area contributed by atoms with Crippen molar-refractivity contribution in [3.05, 3.63) is 63.6 Å². The first-order valence-electron chi connectivity index (χ1n) is 6.21. The highest BCUT2D eigenvalue weighted by molar-refractivity contribution is 9.10. The summed E-state index contributed by atoms with van der Waals surface area (Å²) in [5, 5.41) is 0. The lowest BCUT2D eigenvalue weighted by Gasteiger charge is -2.30. The predicted octanol–water partition coefficient (Wildman–Crippen LogP) is 4.25. The molecule has 2 N–H and O–H groups in total. The minimum Gasteiger partial charge on any atom is -0.485 e. The van der Waals surface area contributed by atoms with Crippen LogP contribution in [-0.2, 0) is 0 Å². The summed E-state index contributed by atoms with van der Waals surface area (Å²) in [5.74, 6) is -1.07. The fourth-order valence-corrected chi connectivity index (χ4v) is 2.73. The molecule has 5 heteroatoms. The van der Waals surface area contributed by atoms with Crippen LogP contribution in [0.5, 0.6) is 5.75 Å². The van der Waals surface area contributed by atoms with Crippen LogP contribution in [0.3, 0.4) is 0 Å². The van der Waals surface area contributed by atoms with Crippen LogP contribution in [0.4, 0.5) is 8.78 Å². The van der Waals surface area contributed by atoms with Gasteiger partial charge in [0.1, 0.15) is 11.9 Å². The molecule has 2 atom stereocenters. The number of fused-ring (bicyclic) bond motifs is 1. The molecule has 0 amide bonds. The van der Waals surface area contributed by atoms with E-state index < -0.39 is 11.6 Å². The molecule has 0 saturated heterocycles. The van der Waals surface area contributed by atoms with Crippen molar-refractivity contribution < 1.29 is 13.5 Å². The monoisotopic (exact) mass is 339 g/mol. The molecular weight excluding hydrogens is 328 g/mol. The van der Waals surface area contributed by atoms with Gasteiger partial charge in [-0.1, -0.05) is 28.1 Å². The molecule has 1 aliphatic rings. The second-order valence-electron chi connectivity index (χ2n) is 4.80. The summed E-state index contributed by atoms with van der Waals surface area (Å²) in [7, 11) is 0. The van der Waals surface area contributed by atoms with Gasteiger partial charge in [0.15, 0.2) is 11.6 Å². The highest BCUT2D eigenvalue weighted by Crippen LogP contribution is 2.40. The number of benzene rings is 2. The second-order valence-corrected chi connectivity index (χ2v) is 5.72. The van der Waals surface area contributed by atoms with Gasteiger partial charge >= 0.3 is 0 Å². The van der Waals surface area contributed by atoms with Crippen molar-refractivity contribution in [1.82, 2.24) is 0 Å². The van der Waals surface area contributed by atoms with Gasteiger partial charge in [-0.3, -0.25) is 0 Å². The minimum absolute atomic E-state index is 0.190. The normalized spacial score (nSPS) is 21.2. The first-order valence-corrected chi connectivity index (χ1v) is 7.00. The number of rotatable bonds is 1. The number of ether oxygens (including phenoxy) is 1. The van der Waals surface area contributed by atoms with Gasteiger partial charge in [-0.2, -0.15) is 0 Å². The first-order chi connectivity index (χ1) is 9.54. The Morgan fingerprint density at radius 1 is 1.10 bits per heavy atom. The summed E-state index contributed by atoms with van der Waals surface area (Å²) in [6.45, 7) is 0. The molecule has 1 aliphatic heterocycles. The third-order valence-corrected chi connectivity index (χ3v) is 3.92.